The SMILES string of the molecule is Cc1ccc(S(=O)(=O)Nc2cccc(CO)c2)s1. The molecule has 1 aromatic carbocycles. The minimum Gasteiger partial charge on any atom is -0.392 e. The van der Waals surface area contributed by atoms with Crippen molar-refractivity contribution in [2.45, 2.75) is 17.7 Å². The minimum atomic E-state index is -3.53. The Hall–Kier alpha value is -1.37. The zero-order valence-electron chi connectivity index (χ0n) is 9.75. The van der Waals surface area contributed by atoms with Crippen LogP contribution < -0.4 is 4.72 Å². The van der Waals surface area contributed by atoms with Gasteiger partial charge in [-0.1, -0.05) is 12.1 Å². The second-order valence-electron chi connectivity index (χ2n) is 3.83. The fraction of sp³-hybridized carbons (Fsp3) is 0.167. The predicted octanol–water partition coefficient (Wildman–Crippen LogP) is 2.35. The second kappa shape index (κ2) is 5.09. The summed E-state index contributed by atoms with van der Waals surface area (Å²) in [5, 5.41) is 9.01. The Morgan fingerprint density at radius 1 is 1.28 bits per heavy atom. The normalized spacial score (nSPS) is 11.4. The first-order valence-corrected chi connectivity index (χ1v) is 7.60. The summed E-state index contributed by atoms with van der Waals surface area (Å²) >= 11 is 1.22. The number of rotatable bonds is 4. The summed E-state index contributed by atoms with van der Waals surface area (Å²) in [6.45, 7) is 1.74. The van der Waals surface area contributed by atoms with E-state index >= 15 is 0 Å². The second-order valence-corrected chi connectivity index (χ2v) is 7.03. The van der Waals surface area contributed by atoms with Gasteiger partial charge < -0.3 is 5.11 Å². The van der Waals surface area contributed by atoms with E-state index < -0.39 is 10.0 Å². The van der Waals surface area contributed by atoms with Gasteiger partial charge in [-0.05, 0) is 36.8 Å². The lowest BCUT2D eigenvalue weighted by molar-refractivity contribution is 0.282. The van der Waals surface area contributed by atoms with Crippen LogP contribution in [0.25, 0.3) is 0 Å². The van der Waals surface area contributed by atoms with Gasteiger partial charge in [0.2, 0.25) is 0 Å². The van der Waals surface area contributed by atoms with Gasteiger partial charge in [0.25, 0.3) is 10.0 Å². The lowest BCUT2D eigenvalue weighted by Crippen LogP contribution is -2.11. The first-order valence-electron chi connectivity index (χ1n) is 5.30. The van der Waals surface area contributed by atoms with Crippen molar-refractivity contribution in [3.8, 4) is 0 Å². The van der Waals surface area contributed by atoms with E-state index in [-0.39, 0.29) is 10.8 Å². The van der Waals surface area contributed by atoms with Gasteiger partial charge in [0.15, 0.2) is 0 Å². The van der Waals surface area contributed by atoms with Crippen molar-refractivity contribution in [2.24, 2.45) is 0 Å². The van der Waals surface area contributed by atoms with Crippen molar-refractivity contribution in [1.82, 2.24) is 0 Å². The number of aliphatic hydroxyl groups excluding tert-OH is 1. The number of thiophene rings is 1. The smallest absolute Gasteiger partial charge is 0.271 e. The van der Waals surface area contributed by atoms with Crippen molar-refractivity contribution in [3.63, 3.8) is 0 Å². The molecule has 4 nitrogen and oxygen atoms in total. The number of benzene rings is 1. The van der Waals surface area contributed by atoms with Crippen molar-refractivity contribution in [1.29, 1.82) is 0 Å². The van der Waals surface area contributed by atoms with Gasteiger partial charge in [-0.3, -0.25) is 4.72 Å². The van der Waals surface area contributed by atoms with E-state index in [4.69, 9.17) is 5.11 Å². The molecule has 0 aliphatic heterocycles. The molecule has 0 fully saturated rings. The summed E-state index contributed by atoms with van der Waals surface area (Å²) in [6, 6.07) is 10.0. The predicted molar refractivity (Wildman–Crippen MR) is 72.2 cm³/mol. The summed E-state index contributed by atoms with van der Waals surface area (Å²) in [4.78, 5) is 0.944. The van der Waals surface area contributed by atoms with Crippen LogP contribution in [0, 0.1) is 6.92 Å². The van der Waals surface area contributed by atoms with Crippen LogP contribution in [0.3, 0.4) is 0 Å². The summed E-state index contributed by atoms with van der Waals surface area (Å²) in [6.07, 6.45) is 0. The lowest BCUT2D eigenvalue weighted by atomic mass is 10.2. The summed E-state index contributed by atoms with van der Waals surface area (Å²) in [5.74, 6) is 0. The van der Waals surface area contributed by atoms with Crippen LogP contribution in [0.4, 0.5) is 5.69 Å². The fourth-order valence-electron chi connectivity index (χ4n) is 1.50. The van der Waals surface area contributed by atoms with E-state index in [0.29, 0.717) is 11.3 Å². The first-order chi connectivity index (χ1) is 8.51. The molecule has 0 radical (unpaired) electrons. The van der Waals surface area contributed by atoms with Crippen LogP contribution in [0.15, 0.2) is 40.6 Å². The molecule has 0 atom stereocenters. The molecule has 0 amide bonds. The average Bonchev–Trinajstić information content (AvgIpc) is 2.76. The highest BCUT2D eigenvalue weighted by molar-refractivity contribution is 7.94. The molecule has 0 aliphatic rings. The summed E-state index contributed by atoms with van der Waals surface area (Å²) < 4.78 is 26.9. The van der Waals surface area contributed by atoms with Crippen LogP contribution in [0.5, 0.6) is 0 Å². The molecule has 1 aromatic heterocycles. The topological polar surface area (TPSA) is 66.4 Å². The highest BCUT2D eigenvalue weighted by Gasteiger charge is 2.16. The van der Waals surface area contributed by atoms with Gasteiger partial charge in [0, 0.05) is 10.6 Å². The zero-order chi connectivity index (χ0) is 13.2. The zero-order valence-corrected chi connectivity index (χ0v) is 11.4. The molecular formula is C12H13NO3S2. The average molecular weight is 283 g/mol. The lowest BCUT2D eigenvalue weighted by Gasteiger charge is -2.07. The maximum absolute atomic E-state index is 12.1. The molecule has 0 aliphatic carbocycles. The molecule has 96 valence electrons. The number of sulfonamides is 1. The molecule has 0 spiro atoms. The molecule has 1 heterocycles. The molecule has 0 bridgehead atoms. The Morgan fingerprint density at radius 2 is 2.06 bits per heavy atom. The Kier molecular flexibility index (Phi) is 3.70. The van der Waals surface area contributed by atoms with Crippen molar-refractivity contribution in [3.05, 3.63) is 46.8 Å². The largest absolute Gasteiger partial charge is 0.392 e. The van der Waals surface area contributed by atoms with Crippen molar-refractivity contribution < 1.29 is 13.5 Å². The van der Waals surface area contributed by atoms with E-state index in [9.17, 15) is 8.42 Å². The molecule has 6 heteroatoms. The Bertz CT molecular complexity index is 647. The molecule has 0 unspecified atom stereocenters. The first kappa shape index (κ1) is 13.1. The minimum absolute atomic E-state index is 0.117. The van der Waals surface area contributed by atoms with E-state index in [1.54, 1.807) is 36.4 Å². The third-order valence-electron chi connectivity index (χ3n) is 2.34. The maximum atomic E-state index is 12.1. The molecule has 2 aromatic rings. The van der Waals surface area contributed by atoms with Crippen LogP contribution in [-0.2, 0) is 16.6 Å². The Labute approximate surface area is 110 Å². The Balaban J connectivity index is 2.27. The van der Waals surface area contributed by atoms with Gasteiger partial charge in [-0.15, -0.1) is 11.3 Å². The number of aliphatic hydroxyl groups is 1. The highest BCUT2D eigenvalue weighted by Crippen LogP contribution is 2.23. The van der Waals surface area contributed by atoms with Crippen LogP contribution >= 0.6 is 11.3 Å². The van der Waals surface area contributed by atoms with E-state index in [0.717, 1.165) is 4.88 Å². The quantitative estimate of drug-likeness (QED) is 0.905. The number of nitrogens with one attached hydrogen (secondary N) is 1. The van der Waals surface area contributed by atoms with E-state index in [1.165, 1.54) is 11.3 Å². The molecule has 2 N–H and O–H groups in total. The fourth-order valence-corrected chi connectivity index (χ4v) is 3.83. The highest BCUT2D eigenvalue weighted by atomic mass is 32.2. The third-order valence-corrected chi connectivity index (χ3v) is 5.22. The molecule has 18 heavy (non-hydrogen) atoms. The van der Waals surface area contributed by atoms with Crippen LogP contribution in [0.2, 0.25) is 0 Å². The monoisotopic (exact) mass is 283 g/mol. The molecule has 0 saturated heterocycles. The molecule has 0 saturated carbocycles. The van der Waals surface area contributed by atoms with Gasteiger partial charge in [-0.2, -0.15) is 0 Å². The van der Waals surface area contributed by atoms with Crippen molar-refractivity contribution in [2.75, 3.05) is 4.72 Å². The van der Waals surface area contributed by atoms with Crippen molar-refractivity contribution >= 4 is 27.0 Å². The summed E-state index contributed by atoms with van der Waals surface area (Å²) in [7, 11) is -3.53. The Morgan fingerprint density at radius 3 is 2.67 bits per heavy atom. The molecule has 2 rings (SSSR count). The number of aryl methyl sites for hydroxylation is 1. The molecular weight excluding hydrogens is 270 g/mol. The number of hydrogen-bond donors (Lipinski definition) is 2. The van der Waals surface area contributed by atoms with Gasteiger partial charge in [0.1, 0.15) is 4.21 Å². The van der Waals surface area contributed by atoms with E-state index in [2.05, 4.69) is 4.72 Å². The summed E-state index contributed by atoms with van der Waals surface area (Å²) in [5.41, 5.74) is 1.12. The number of hydrogen-bond acceptors (Lipinski definition) is 4. The number of anilines is 1. The standard InChI is InChI=1S/C12H13NO3S2/c1-9-5-6-12(17-9)18(15,16)13-11-4-2-3-10(7-11)8-14/h2-7,13-14H,8H2,1H3. The third kappa shape index (κ3) is 2.90. The van der Waals surface area contributed by atoms with Gasteiger partial charge in [0.05, 0.1) is 6.61 Å². The van der Waals surface area contributed by atoms with Crippen LogP contribution in [0.1, 0.15) is 10.4 Å². The van der Waals surface area contributed by atoms with Crippen LogP contribution in [-0.4, -0.2) is 13.5 Å². The maximum Gasteiger partial charge on any atom is 0.271 e. The van der Waals surface area contributed by atoms with Gasteiger partial charge >= 0.3 is 0 Å². The van der Waals surface area contributed by atoms with E-state index in [1.807, 2.05) is 6.92 Å². The van der Waals surface area contributed by atoms with Gasteiger partial charge in [-0.25, -0.2) is 8.42 Å².